The number of hydrogen-bond donors (Lipinski definition) is 1. The molecule has 0 saturated heterocycles. The number of carbonyl (C=O) groups excluding carboxylic acids is 1. The third kappa shape index (κ3) is 5.03. The number of hydrogen-bond acceptors (Lipinski definition) is 4. The Bertz CT molecular complexity index is 1070. The topological polar surface area (TPSA) is 59.8 Å². The van der Waals surface area contributed by atoms with E-state index in [1.54, 1.807) is 28.8 Å². The number of amides is 1. The SMILES string of the molecule is C=CCn1c(SCC(=O)Nc2ccccc2C(F)(F)F)nnc1-c1ccccc1Cl. The zero-order chi connectivity index (χ0) is 21.7. The molecule has 10 heteroatoms. The van der Waals surface area contributed by atoms with E-state index >= 15 is 0 Å². The average Bonchev–Trinajstić information content (AvgIpc) is 3.09. The first-order chi connectivity index (χ1) is 14.3. The molecule has 0 aliphatic heterocycles. The summed E-state index contributed by atoms with van der Waals surface area (Å²) >= 11 is 7.29. The largest absolute Gasteiger partial charge is 0.418 e. The Kier molecular flexibility index (Phi) is 6.84. The fraction of sp³-hybridized carbons (Fsp3) is 0.150. The Balaban J connectivity index is 1.76. The second-order valence-corrected chi connectivity index (χ2v) is 7.42. The molecule has 1 N–H and O–H groups in total. The smallest absolute Gasteiger partial charge is 0.325 e. The molecule has 0 saturated carbocycles. The van der Waals surface area contributed by atoms with Gasteiger partial charge < -0.3 is 5.32 Å². The highest BCUT2D eigenvalue weighted by molar-refractivity contribution is 7.99. The molecule has 0 bridgehead atoms. The minimum Gasteiger partial charge on any atom is -0.325 e. The van der Waals surface area contributed by atoms with Crippen molar-refractivity contribution in [3.05, 3.63) is 71.8 Å². The summed E-state index contributed by atoms with van der Waals surface area (Å²) in [5.74, 6) is -0.237. The monoisotopic (exact) mass is 452 g/mol. The molecule has 5 nitrogen and oxygen atoms in total. The van der Waals surface area contributed by atoms with Gasteiger partial charge in [0, 0.05) is 12.1 Å². The van der Waals surface area contributed by atoms with E-state index in [4.69, 9.17) is 11.6 Å². The van der Waals surface area contributed by atoms with Gasteiger partial charge in [0.05, 0.1) is 22.0 Å². The number of allylic oxidation sites excluding steroid dienone is 1. The number of carbonyl (C=O) groups is 1. The van der Waals surface area contributed by atoms with Gasteiger partial charge in [0.1, 0.15) is 0 Å². The molecule has 1 amide bonds. The van der Waals surface area contributed by atoms with Crippen LogP contribution >= 0.6 is 23.4 Å². The van der Waals surface area contributed by atoms with Gasteiger partial charge in [-0.15, -0.1) is 16.8 Å². The van der Waals surface area contributed by atoms with Crippen LogP contribution in [0.25, 0.3) is 11.4 Å². The zero-order valence-corrected chi connectivity index (χ0v) is 17.1. The summed E-state index contributed by atoms with van der Waals surface area (Å²) < 4.78 is 41.0. The number of thioether (sulfide) groups is 1. The molecular formula is C20H16ClF3N4OS. The van der Waals surface area contributed by atoms with E-state index in [0.717, 1.165) is 17.8 Å². The number of nitrogens with one attached hydrogen (secondary N) is 1. The number of rotatable bonds is 7. The molecule has 0 spiro atoms. The number of para-hydroxylation sites is 1. The van der Waals surface area contributed by atoms with Crippen LogP contribution in [0.3, 0.4) is 0 Å². The highest BCUT2D eigenvalue weighted by atomic mass is 35.5. The van der Waals surface area contributed by atoms with Crippen LogP contribution in [0.15, 0.2) is 66.3 Å². The third-order valence-corrected chi connectivity index (χ3v) is 5.28. The fourth-order valence-electron chi connectivity index (χ4n) is 2.69. The molecule has 0 fully saturated rings. The predicted molar refractivity (Wildman–Crippen MR) is 111 cm³/mol. The maximum Gasteiger partial charge on any atom is 0.418 e. The van der Waals surface area contributed by atoms with Crippen LogP contribution in [0, 0.1) is 0 Å². The van der Waals surface area contributed by atoms with Crippen LogP contribution in [0.2, 0.25) is 5.02 Å². The first-order valence-electron chi connectivity index (χ1n) is 8.69. The second kappa shape index (κ2) is 9.36. The van der Waals surface area contributed by atoms with Crippen molar-refractivity contribution in [1.29, 1.82) is 0 Å². The molecule has 3 rings (SSSR count). The van der Waals surface area contributed by atoms with Crippen molar-refractivity contribution >= 4 is 35.0 Å². The van der Waals surface area contributed by atoms with Crippen molar-refractivity contribution in [2.45, 2.75) is 17.9 Å². The van der Waals surface area contributed by atoms with Crippen molar-refractivity contribution in [3.8, 4) is 11.4 Å². The first kappa shape index (κ1) is 21.9. The van der Waals surface area contributed by atoms with Gasteiger partial charge in [0.15, 0.2) is 11.0 Å². The van der Waals surface area contributed by atoms with E-state index in [1.165, 1.54) is 18.2 Å². The molecule has 0 radical (unpaired) electrons. The molecule has 0 aliphatic carbocycles. The van der Waals surface area contributed by atoms with E-state index in [0.29, 0.717) is 28.1 Å². The van der Waals surface area contributed by atoms with Gasteiger partial charge in [-0.05, 0) is 24.3 Å². The number of aromatic nitrogens is 3. The summed E-state index contributed by atoms with van der Waals surface area (Å²) in [5.41, 5.74) is -0.525. The van der Waals surface area contributed by atoms with E-state index in [2.05, 4.69) is 22.1 Å². The Labute approximate surface area is 180 Å². The van der Waals surface area contributed by atoms with Gasteiger partial charge in [-0.25, -0.2) is 0 Å². The number of benzene rings is 2. The lowest BCUT2D eigenvalue weighted by Gasteiger charge is -2.13. The Morgan fingerprint density at radius 2 is 1.87 bits per heavy atom. The van der Waals surface area contributed by atoms with Crippen molar-refractivity contribution in [3.63, 3.8) is 0 Å². The number of nitrogens with zero attached hydrogens (tertiary/aromatic N) is 3. The lowest BCUT2D eigenvalue weighted by molar-refractivity contribution is -0.137. The molecule has 0 unspecified atom stereocenters. The Hall–Kier alpha value is -2.78. The minimum atomic E-state index is -4.56. The number of alkyl halides is 3. The van der Waals surface area contributed by atoms with Gasteiger partial charge in [-0.1, -0.05) is 53.7 Å². The molecule has 156 valence electrons. The molecule has 0 atom stereocenters. The van der Waals surface area contributed by atoms with E-state index in [1.807, 2.05) is 6.07 Å². The summed E-state index contributed by atoms with van der Waals surface area (Å²) in [6, 6.07) is 11.9. The van der Waals surface area contributed by atoms with Gasteiger partial charge in [0.25, 0.3) is 0 Å². The van der Waals surface area contributed by atoms with Crippen molar-refractivity contribution in [2.75, 3.05) is 11.1 Å². The summed E-state index contributed by atoms with van der Waals surface area (Å²) in [7, 11) is 0. The average molecular weight is 453 g/mol. The highest BCUT2D eigenvalue weighted by Crippen LogP contribution is 2.35. The van der Waals surface area contributed by atoms with Crippen LogP contribution in [-0.2, 0) is 17.5 Å². The number of halogens is 4. The maximum absolute atomic E-state index is 13.1. The summed E-state index contributed by atoms with van der Waals surface area (Å²) in [5, 5.41) is 11.5. The lowest BCUT2D eigenvalue weighted by Crippen LogP contribution is -2.18. The van der Waals surface area contributed by atoms with Gasteiger partial charge in [-0.2, -0.15) is 13.2 Å². The van der Waals surface area contributed by atoms with E-state index in [-0.39, 0.29) is 11.4 Å². The van der Waals surface area contributed by atoms with Gasteiger partial charge >= 0.3 is 6.18 Å². The van der Waals surface area contributed by atoms with Crippen LogP contribution in [0.5, 0.6) is 0 Å². The van der Waals surface area contributed by atoms with Gasteiger partial charge in [0.2, 0.25) is 5.91 Å². The van der Waals surface area contributed by atoms with Crippen LogP contribution in [0.4, 0.5) is 18.9 Å². The number of anilines is 1. The Morgan fingerprint density at radius 3 is 2.57 bits per heavy atom. The lowest BCUT2D eigenvalue weighted by atomic mass is 10.1. The molecule has 30 heavy (non-hydrogen) atoms. The van der Waals surface area contributed by atoms with Crippen molar-refractivity contribution < 1.29 is 18.0 Å². The summed E-state index contributed by atoms with van der Waals surface area (Å²) in [6.45, 7) is 4.08. The molecule has 2 aromatic carbocycles. The van der Waals surface area contributed by atoms with Crippen molar-refractivity contribution in [1.82, 2.24) is 14.8 Å². The minimum absolute atomic E-state index is 0.149. The predicted octanol–water partition coefficient (Wildman–Crippen LogP) is 5.53. The van der Waals surface area contributed by atoms with Crippen LogP contribution in [0.1, 0.15) is 5.56 Å². The highest BCUT2D eigenvalue weighted by Gasteiger charge is 2.33. The maximum atomic E-state index is 13.1. The molecule has 1 aromatic heterocycles. The fourth-order valence-corrected chi connectivity index (χ4v) is 3.65. The van der Waals surface area contributed by atoms with E-state index < -0.39 is 17.6 Å². The van der Waals surface area contributed by atoms with E-state index in [9.17, 15) is 18.0 Å². The normalized spacial score (nSPS) is 11.3. The summed E-state index contributed by atoms with van der Waals surface area (Å²) in [4.78, 5) is 12.3. The molecule has 3 aromatic rings. The molecule has 1 heterocycles. The van der Waals surface area contributed by atoms with Crippen LogP contribution in [-0.4, -0.2) is 26.4 Å². The zero-order valence-electron chi connectivity index (χ0n) is 15.5. The second-order valence-electron chi connectivity index (χ2n) is 6.07. The van der Waals surface area contributed by atoms with Crippen molar-refractivity contribution in [2.24, 2.45) is 0 Å². The van der Waals surface area contributed by atoms with Crippen LogP contribution < -0.4 is 5.32 Å². The molecule has 0 aliphatic rings. The molecular weight excluding hydrogens is 437 g/mol. The first-order valence-corrected chi connectivity index (χ1v) is 10.1. The third-order valence-electron chi connectivity index (χ3n) is 3.98. The quantitative estimate of drug-likeness (QED) is 0.378. The standard InChI is InChI=1S/C20H16ClF3N4OS/c1-2-11-28-18(13-7-3-5-9-15(13)21)26-27-19(28)30-12-17(29)25-16-10-6-4-8-14(16)20(22,23)24/h2-10H,1,11-12H2,(H,25,29). The Morgan fingerprint density at radius 1 is 1.17 bits per heavy atom. The summed E-state index contributed by atoms with van der Waals surface area (Å²) in [6.07, 6.45) is -2.92. The van der Waals surface area contributed by atoms with Gasteiger partial charge in [-0.3, -0.25) is 9.36 Å².